The number of halogens is 1. The number of nitrogens with zero attached hydrogens (tertiary/aromatic N) is 1. The van der Waals surface area contributed by atoms with Crippen molar-refractivity contribution in [1.82, 2.24) is 4.98 Å². The Labute approximate surface area is 146 Å². The molecular formula is C22H16ClN. The van der Waals surface area contributed by atoms with E-state index in [2.05, 4.69) is 61.5 Å². The first kappa shape index (κ1) is 14.9. The molecular weight excluding hydrogens is 314 g/mol. The second-order valence-electron chi connectivity index (χ2n) is 5.95. The lowest BCUT2D eigenvalue weighted by molar-refractivity contribution is 1.38. The molecule has 1 heterocycles. The Morgan fingerprint density at radius 2 is 1.54 bits per heavy atom. The van der Waals surface area contributed by atoms with Gasteiger partial charge in [0.15, 0.2) is 0 Å². The van der Waals surface area contributed by atoms with E-state index in [4.69, 9.17) is 16.6 Å². The van der Waals surface area contributed by atoms with Gasteiger partial charge < -0.3 is 0 Å². The lowest BCUT2D eigenvalue weighted by Gasteiger charge is -2.11. The molecule has 0 saturated heterocycles. The average Bonchev–Trinajstić information content (AvgIpc) is 2.61. The normalized spacial score (nSPS) is 10.9. The van der Waals surface area contributed by atoms with E-state index in [1.54, 1.807) is 0 Å². The van der Waals surface area contributed by atoms with Crippen LogP contribution in [0.1, 0.15) is 5.56 Å². The lowest BCUT2D eigenvalue weighted by atomic mass is 9.98. The Morgan fingerprint density at radius 3 is 2.33 bits per heavy atom. The molecule has 116 valence electrons. The highest BCUT2D eigenvalue weighted by molar-refractivity contribution is 6.31. The molecule has 0 saturated carbocycles. The van der Waals surface area contributed by atoms with Crippen molar-refractivity contribution in [2.45, 2.75) is 6.92 Å². The van der Waals surface area contributed by atoms with Gasteiger partial charge in [0.25, 0.3) is 0 Å². The van der Waals surface area contributed by atoms with E-state index in [1.807, 2.05) is 24.3 Å². The molecule has 0 spiro atoms. The van der Waals surface area contributed by atoms with Crippen LogP contribution < -0.4 is 0 Å². The van der Waals surface area contributed by atoms with Gasteiger partial charge in [0.1, 0.15) is 0 Å². The molecule has 2 heteroatoms. The number of aromatic nitrogens is 1. The Balaban J connectivity index is 2.03. The molecule has 0 atom stereocenters. The lowest BCUT2D eigenvalue weighted by Crippen LogP contribution is -1.90. The summed E-state index contributed by atoms with van der Waals surface area (Å²) in [6, 6.07) is 26.8. The summed E-state index contributed by atoms with van der Waals surface area (Å²) in [7, 11) is 0. The molecule has 3 aromatic carbocycles. The van der Waals surface area contributed by atoms with Gasteiger partial charge >= 0.3 is 0 Å². The predicted molar refractivity (Wildman–Crippen MR) is 102 cm³/mol. The predicted octanol–water partition coefficient (Wildman–Crippen LogP) is 6.53. The number of fused-ring (bicyclic) bond motifs is 1. The Morgan fingerprint density at radius 1 is 0.750 bits per heavy atom. The fourth-order valence-corrected chi connectivity index (χ4v) is 3.18. The Hall–Kier alpha value is -2.64. The van der Waals surface area contributed by atoms with E-state index in [0.29, 0.717) is 0 Å². The molecule has 0 bridgehead atoms. The number of pyridine rings is 1. The average molecular weight is 330 g/mol. The molecule has 0 aliphatic heterocycles. The zero-order valence-corrected chi connectivity index (χ0v) is 14.1. The van der Waals surface area contributed by atoms with Gasteiger partial charge in [-0.15, -0.1) is 0 Å². The molecule has 1 nitrogen and oxygen atoms in total. The molecule has 0 amide bonds. The third-order valence-electron chi connectivity index (χ3n) is 4.17. The molecule has 4 aromatic rings. The fourth-order valence-electron chi connectivity index (χ4n) is 3.01. The summed E-state index contributed by atoms with van der Waals surface area (Å²) in [6.45, 7) is 2.10. The highest BCUT2D eigenvalue weighted by atomic mass is 35.5. The van der Waals surface area contributed by atoms with Crippen LogP contribution in [0.15, 0.2) is 78.9 Å². The quantitative estimate of drug-likeness (QED) is 0.407. The first-order valence-corrected chi connectivity index (χ1v) is 8.31. The summed E-state index contributed by atoms with van der Waals surface area (Å²) in [5.74, 6) is 0. The minimum atomic E-state index is 0.727. The second kappa shape index (κ2) is 6.10. The number of hydrogen-bond acceptors (Lipinski definition) is 1. The summed E-state index contributed by atoms with van der Waals surface area (Å²) < 4.78 is 0. The van der Waals surface area contributed by atoms with Crippen LogP contribution in [0.4, 0.5) is 0 Å². The first-order chi connectivity index (χ1) is 11.7. The Bertz CT molecular complexity index is 1020. The maximum Gasteiger partial charge on any atom is 0.0716 e. The molecule has 4 rings (SSSR count). The highest BCUT2D eigenvalue weighted by Crippen LogP contribution is 2.33. The number of hydrogen-bond donors (Lipinski definition) is 0. The largest absolute Gasteiger partial charge is 0.248 e. The third kappa shape index (κ3) is 2.79. The summed E-state index contributed by atoms with van der Waals surface area (Å²) in [5.41, 5.74) is 6.61. The van der Waals surface area contributed by atoms with Gasteiger partial charge in [0.2, 0.25) is 0 Å². The maximum atomic E-state index is 6.23. The van der Waals surface area contributed by atoms with Crippen LogP contribution in [0.3, 0.4) is 0 Å². The monoisotopic (exact) mass is 329 g/mol. The van der Waals surface area contributed by atoms with Crippen molar-refractivity contribution in [2.75, 3.05) is 0 Å². The molecule has 0 aliphatic carbocycles. The zero-order valence-electron chi connectivity index (χ0n) is 13.3. The fraction of sp³-hybridized carbons (Fsp3) is 0.0455. The van der Waals surface area contributed by atoms with E-state index in [-0.39, 0.29) is 0 Å². The molecule has 0 unspecified atom stereocenters. The van der Waals surface area contributed by atoms with Gasteiger partial charge in [-0.2, -0.15) is 0 Å². The van der Waals surface area contributed by atoms with Crippen molar-refractivity contribution < 1.29 is 0 Å². The van der Waals surface area contributed by atoms with E-state index in [9.17, 15) is 0 Å². The summed E-state index contributed by atoms with van der Waals surface area (Å²) in [6.07, 6.45) is 0. The van der Waals surface area contributed by atoms with E-state index < -0.39 is 0 Å². The first-order valence-electron chi connectivity index (χ1n) is 7.93. The SMILES string of the molecule is Cc1cccc(-c2cc(-c3ccccc3)c3cc(Cl)ccc3n2)c1. The van der Waals surface area contributed by atoms with E-state index >= 15 is 0 Å². The molecule has 0 aliphatic rings. The number of benzene rings is 3. The maximum absolute atomic E-state index is 6.23. The summed E-state index contributed by atoms with van der Waals surface area (Å²) in [5, 5.41) is 1.80. The smallest absolute Gasteiger partial charge is 0.0716 e. The van der Waals surface area contributed by atoms with Gasteiger partial charge in [-0.25, -0.2) is 4.98 Å². The van der Waals surface area contributed by atoms with Crippen LogP contribution in [0.25, 0.3) is 33.3 Å². The van der Waals surface area contributed by atoms with Crippen molar-refractivity contribution in [3.05, 3.63) is 89.4 Å². The molecule has 1 aromatic heterocycles. The topological polar surface area (TPSA) is 12.9 Å². The van der Waals surface area contributed by atoms with Gasteiger partial charge in [-0.1, -0.05) is 65.7 Å². The summed E-state index contributed by atoms with van der Waals surface area (Å²) in [4.78, 5) is 4.86. The van der Waals surface area contributed by atoms with Gasteiger partial charge in [0, 0.05) is 16.0 Å². The van der Waals surface area contributed by atoms with Crippen molar-refractivity contribution >= 4 is 22.5 Å². The van der Waals surface area contributed by atoms with Crippen molar-refractivity contribution in [1.29, 1.82) is 0 Å². The van der Waals surface area contributed by atoms with Gasteiger partial charge in [-0.05, 0) is 48.4 Å². The van der Waals surface area contributed by atoms with Crippen LogP contribution in [0, 0.1) is 6.92 Å². The minimum absolute atomic E-state index is 0.727. The standard InChI is InChI=1S/C22H16ClN/c1-15-6-5-9-17(12-15)22-14-19(16-7-3-2-4-8-16)20-13-18(23)10-11-21(20)24-22/h2-14H,1H3. The molecule has 0 fully saturated rings. The molecule has 24 heavy (non-hydrogen) atoms. The van der Waals surface area contributed by atoms with Gasteiger partial charge in [-0.3, -0.25) is 0 Å². The molecule has 0 radical (unpaired) electrons. The van der Waals surface area contributed by atoms with Gasteiger partial charge in [0.05, 0.1) is 11.2 Å². The van der Waals surface area contributed by atoms with Crippen LogP contribution in [0.2, 0.25) is 5.02 Å². The zero-order chi connectivity index (χ0) is 16.5. The van der Waals surface area contributed by atoms with Crippen molar-refractivity contribution in [2.24, 2.45) is 0 Å². The van der Waals surface area contributed by atoms with Crippen LogP contribution >= 0.6 is 11.6 Å². The number of rotatable bonds is 2. The minimum Gasteiger partial charge on any atom is -0.248 e. The highest BCUT2D eigenvalue weighted by Gasteiger charge is 2.10. The Kier molecular flexibility index (Phi) is 3.79. The van der Waals surface area contributed by atoms with Crippen LogP contribution in [-0.2, 0) is 0 Å². The second-order valence-corrected chi connectivity index (χ2v) is 6.39. The van der Waals surface area contributed by atoms with Crippen LogP contribution in [0.5, 0.6) is 0 Å². The van der Waals surface area contributed by atoms with Crippen molar-refractivity contribution in [3.63, 3.8) is 0 Å². The summed E-state index contributed by atoms with van der Waals surface area (Å²) >= 11 is 6.23. The number of aryl methyl sites for hydroxylation is 1. The van der Waals surface area contributed by atoms with E-state index in [1.165, 1.54) is 11.1 Å². The van der Waals surface area contributed by atoms with E-state index in [0.717, 1.165) is 32.7 Å². The van der Waals surface area contributed by atoms with Crippen molar-refractivity contribution in [3.8, 4) is 22.4 Å². The molecule has 0 N–H and O–H groups in total. The third-order valence-corrected chi connectivity index (χ3v) is 4.40. The van der Waals surface area contributed by atoms with Crippen LogP contribution in [-0.4, -0.2) is 4.98 Å².